The van der Waals surface area contributed by atoms with E-state index in [4.69, 9.17) is 15.0 Å². The molecule has 6 rings (SSSR count). The summed E-state index contributed by atoms with van der Waals surface area (Å²) in [6.07, 6.45) is 12.7. The number of pyridine rings is 1. The minimum atomic E-state index is 0.109. The second-order valence-corrected chi connectivity index (χ2v) is 8.59. The van der Waals surface area contributed by atoms with Crippen molar-refractivity contribution in [1.29, 1.82) is 0 Å². The number of anilines is 3. The van der Waals surface area contributed by atoms with Crippen LogP contribution in [-0.2, 0) is 19.3 Å². The molecule has 2 unspecified atom stereocenters. The van der Waals surface area contributed by atoms with Crippen LogP contribution in [0.15, 0.2) is 30.9 Å². The second kappa shape index (κ2) is 7.76. The second-order valence-electron chi connectivity index (χ2n) is 8.59. The highest BCUT2D eigenvalue weighted by atomic mass is 15.1. The minimum absolute atomic E-state index is 0.109. The summed E-state index contributed by atoms with van der Waals surface area (Å²) in [5.74, 6) is 2.83. The third kappa shape index (κ3) is 3.56. The van der Waals surface area contributed by atoms with E-state index in [-0.39, 0.29) is 12.1 Å². The molecular formula is C23H26N8. The van der Waals surface area contributed by atoms with Crippen molar-refractivity contribution in [3.8, 4) is 0 Å². The molecule has 0 aliphatic carbocycles. The third-order valence-electron chi connectivity index (χ3n) is 6.53. The van der Waals surface area contributed by atoms with Gasteiger partial charge < -0.3 is 16.0 Å². The highest BCUT2D eigenvalue weighted by Gasteiger charge is 2.26. The summed E-state index contributed by atoms with van der Waals surface area (Å²) >= 11 is 0. The van der Waals surface area contributed by atoms with Crippen LogP contribution in [0.2, 0.25) is 0 Å². The molecule has 3 aromatic heterocycles. The van der Waals surface area contributed by atoms with Gasteiger partial charge in [0.25, 0.3) is 0 Å². The van der Waals surface area contributed by atoms with Crippen molar-refractivity contribution < 1.29 is 0 Å². The van der Waals surface area contributed by atoms with Crippen molar-refractivity contribution in [2.24, 2.45) is 0 Å². The molecule has 0 bridgehead atoms. The first-order valence-electron chi connectivity index (χ1n) is 11.2. The van der Waals surface area contributed by atoms with Crippen molar-refractivity contribution in [3.05, 3.63) is 59.1 Å². The Hall–Kier alpha value is -3.29. The van der Waals surface area contributed by atoms with E-state index < -0.39 is 0 Å². The molecule has 8 heteroatoms. The number of hydrogen-bond donors (Lipinski definition) is 3. The monoisotopic (exact) mass is 414 g/mol. The van der Waals surface area contributed by atoms with Crippen molar-refractivity contribution in [2.75, 3.05) is 22.5 Å². The quantitative estimate of drug-likeness (QED) is 0.585. The molecule has 3 aliphatic rings. The SMILES string of the molecule is c1ncc2c(n1)NC(c1cnc3c(n1)NC(c1ccc4c(n1)NCCCC4)CC3)CC2. The van der Waals surface area contributed by atoms with E-state index in [1.807, 2.05) is 12.4 Å². The molecule has 6 heterocycles. The number of aromatic nitrogens is 5. The largest absolute Gasteiger partial charge is 0.370 e. The lowest BCUT2D eigenvalue weighted by Gasteiger charge is -2.28. The van der Waals surface area contributed by atoms with Gasteiger partial charge in [0.15, 0.2) is 0 Å². The molecule has 3 aromatic rings. The lowest BCUT2D eigenvalue weighted by molar-refractivity contribution is 0.610. The predicted octanol–water partition coefficient (Wildman–Crippen LogP) is 3.61. The van der Waals surface area contributed by atoms with Crippen LogP contribution in [0.5, 0.6) is 0 Å². The van der Waals surface area contributed by atoms with E-state index in [2.05, 4.69) is 38.1 Å². The molecule has 0 spiro atoms. The van der Waals surface area contributed by atoms with Crippen LogP contribution < -0.4 is 16.0 Å². The van der Waals surface area contributed by atoms with E-state index >= 15 is 0 Å². The van der Waals surface area contributed by atoms with Gasteiger partial charge in [-0.3, -0.25) is 4.98 Å². The zero-order valence-electron chi connectivity index (χ0n) is 17.4. The standard InChI is InChI=1S/C23H26N8/c1-2-10-25-21-14(3-1)4-6-16(28-21)17-8-9-19-23(30-17)31-20(12-26-19)18-7-5-15-11-24-13-27-22(15)29-18/h4,6,11-13,17-18H,1-3,5,7-10H2,(H,25,28)(H,30,31)(H,24,27,29). The van der Waals surface area contributed by atoms with Gasteiger partial charge in [0.2, 0.25) is 0 Å². The first-order valence-corrected chi connectivity index (χ1v) is 11.2. The zero-order valence-corrected chi connectivity index (χ0v) is 17.4. The fraction of sp³-hybridized carbons (Fsp3) is 0.435. The number of rotatable bonds is 2. The first kappa shape index (κ1) is 18.5. The summed E-state index contributed by atoms with van der Waals surface area (Å²) in [6, 6.07) is 4.67. The topological polar surface area (TPSA) is 101 Å². The Kier molecular flexibility index (Phi) is 4.62. The molecule has 0 amide bonds. The summed E-state index contributed by atoms with van der Waals surface area (Å²) in [6.45, 7) is 1.00. The summed E-state index contributed by atoms with van der Waals surface area (Å²) in [5, 5.41) is 10.6. The summed E-state index contributed by atoms with van der Waals surface area (Å²) < 4.78 is 0. The maximum Gasteiger partial charge on any atom is 0.148 e. The number of nitrogens with zero attached hydrogens (tertiary/aromatic N) is 5. The summed E-state index contributed by atoms with van der Waals surface area (Å²) in [5.41, 5.74) is 5.55. The smallest absolute Gasteiger partial charge is 0.148 e. The van der Waals surface area contributed by atoms with Gasteiger partial charge in [-0.2, -0.15) is 0 Å². The number of fused-ring (bicyclic) bond motifs is 3. The van der Waals surface area contributed by atoms with Crippen LogP contribution >= 0.6 is 0 Å². The van der Waals surface area contributed by atoms with Gasteiger partial charge in [0.05, 0.1) is 35.4 Å². The van der Waals surface area contributed by atoms with Crippen LogP contribution in [0.1, 0.15) is 66.0 Å². The van der Waals surface area contributed by atoms with E-state index in [9.17, 15) is 0 Å². The number of nitrogens with one attached hydrogen (secondary N) is 3. The van der Waals surface area contributed by atoms with E-state index in [1.54, 1.807) is 6.33 Å². The van der Waals surface area contributed by atoms with Crippen molar-refractivity contribution in [3.63, 3.8) is 0 Å². The van der Waals surface area contributed by atoms with E-state index in [0.29, 0.717) is 0 Å². The van der Waals surface area contributed by atoms with Crippen molar-refractivity contribution >= 4 is 17.5 Å². The average molecular weight is 415 g/mol. The van der Waals surface area contributed by atoms with Gasteiger partial charge >= 0.3 is 0 Å². The fourth-order valence-corrected chi connectivity index (χ4v) is 4.76. The molecule has 3 aliphatic heterocycles. The Morgan fingerprint density at radius 1 is 0.742 bits per heavy atom. The van der Waals surface area contributed by atoms with Crippen molar-refractivity contribution in [1.82, 2.24) is 24.9 Å². The molecule has 0 saturated carbocycles. The van der Waals surface area contributed by atoms with Gasteiger partial charge in [-0.1, -0.05) is 6.07 Å². The normalized spacial score (nSPS) is 21.9. The molecule has 8 nitrogen and oxygen atoms in total. The molecule has 0 aromatic carbocycles. The first-order chi connectivity index (χ1) is 15.3. The van der Waals surface area contributed by atoms with Crippen molar-refractivity contribution in [2.45, 2.75) is 57.0 Å². The van der Waals surface area contributed by atoms with Crippen LogP contribution in [0, 0.1) is 0 Å². The van der Waals surface area contributed by atoms with Crippen LogP contribution in [0.4, 0.5) is 17.5 Å². The lowest BCUT2D eigenvalue weighted by atomic mass is 9.98. The Morgan fingerprint density at radius 3 is 2.61 bits per heavy atom. The van der Waals surface area contributed by atoms with Crippen LogP contribution in [-0.4, -0.2) is 31.5 Å². The summed E-state index contributed by atoms with van der Waals surface area (Å²) in [7, 11) is 0. The lowest BCUT2D eigenvalue weighted by Crippen LogP contribution is -2.24. The van der Waals surface area contributed by atoms with Gasteiger partial charge in [0, 0.05) is 18.3 Å². The van der Waals surface area contributed by atoms with E-state index in [1.165, 1.54) is 18.4 Å². The van der Waals surface area contributed by atoms with Gasteiger partial charge in [0.1, 0.15) is 23.8 Å². The molecule has 158 valence electrons. The Balaban J connectivity index is 1.24. The fourth-order valence-electron chi connectivity index (χ4n) is 4.76. The molecule has 0 radical (unpaired) electrons. The molecule has 31 heavy (non-hydrogen) atoms. The highest BCUT2D eigenvalue weighted by Crippen LogP contribution is 2.34. The number of hydrogen-bond acceptors (Lipinski definition) is 8. The maximum atomic E-state index is 4.97. The Bertz CT molecular complexity index is 1110. The van der Waals surface area contributed by atoms with Crippen LogP contribution in [0.3, 0.4) is 0 Å². The Morgan fingerprint density at radius 2 is 1.61 bits per heavy atom. The molecular weight excluding hydrogens is 388 g/mol. The van der Waals surface area contributed by atoms with Crippen LogP contribution in [0.25, 0.3) is 0 Å². The molecule has 0 saturated heterocycles. The third-order valence-corrected chi connectivity index (χ3v) is 6.53. The predicted molar refractivity (Wildman–Crippen MR) is 119 cm³/mol. The summed E-state index contributed by atoms with van der Waals surface area (Å²) in [4.78, 5) is 23.2. The minimum Gasteiger partial charge on any atom is -0.370 e. The molecule has 0 fully saturated rings. The van der Waals surface area contributed by atoms with Gasteiger partial charge in [-0.25, -0.2) is 19.9 Å². The zero-order chi connectivity index (χ0) is 20.6. The maximum absolute atomic E-state index is 4.97. The highest BCUT2D eigenvalue weighted by molar-refractivity contribution is 5.51. The van der Waals surface area contributed by atoms with E-state index in [0.717, 1.165) is 78.7 Å². The van der Waals surface area contributed by atoms with Gasteiger partial charge in [-0.05, 0) is 56.6 Å². The Labute approximate surface area is 181 Å². The van der Waals surface area contributed by atoms with Gasteiger partial charge in [-0.15, -0.1) is 0 Å². The molecule has 2 atom stereocenters. The molecule has 3 N–H and O–H groups in total. The number of aryl methyl sites for hydroxylation is 3. The average Bonchev–Trinajstić information content (AvgIpc) is 3.08.